The molecule has 0 heterocycles. The minimum absolute atomic E-state index is 0.181. The molecule has 0 aromatic heterocycles. The van der Waals surface area contributed by atoms with Crippen molar-refractivity contribution in [2.45, 2.75) is 6.92 Å². The van der Waals surface area contributed by atoms with Crippen molar-refractivity contribution in [3.05, 3.63) is 56.1 Å². The smallest absolute Gasteiger partial charge is 0.343 e. The summed E-state index contributed by atoms with van der Waals surface area (Å²) in [6, 6.07) is 3.77. The summed E-state index contributed by atoms with van der Waals surface area (Å²) in [5.74, 6) is -3.17. The van der Waals surface area contributed by atoms with Gasteiger partial charge < -0.3 is 10.2 Å². The second-order valence-electron chi connectivity index (χ2n) is 4.02. The van der Waals surface area contributed by atoms with Gasteiger partial charge in [-0.15, -0.1) is 0 Å². The number of carbonyl (C=O) groups is 2. The number of nitro groups is 1. The standard InChI is InChI=1S/C13H10ClNO6/c1-7(5-10(12(16)17)13(18)19)4-8-6-9(15(20)21)2-3-11(8)14/h2-6H,1H3,(H,16,17)(H,18,19). The number of carboxylic acids is 2. The Labute approximate surface area is 123 Å². The highest BCUT2D eigenvalue weighted by Gasteiger charge is 2.15. The number of nitro benzene ring substituents is 1. The molecule has 0 saturated heterocycles. The van der Waals surface area contributed by atoms with Crippen molar-refractivity contribution in [2.24, 2.45) is 0 Å². The fourth-order valence-corrected chi connectivity index (χ4v) is 1.66. The van der Waals surface area contributed by atoms with E-state index in [-0.39, 0.29) is 21.8 Å². The number of aliphatic carboxylic acids is 2. The molecule has 0 radical (unpaired) electrons. The van der Waals surface area contributed by atoms with Crippen LogP contribution in [0.4, 0.5) is 5.69 Å². The zero-order valence-electron chi connectivity index (χ0n) is 10.7. The van der Waals surface area contributed by atoms with E-state index in [0.29, 0.717) is 0 Å². The van der Waals surface area contributed by atoms with Gasteiger partial charge in [-0.3, -0.25) is 10.1 Å². The van der Waals surface area contributed by atoms with Gasteiger partial charge in [0.05, 0.1) is 4.92 Å². The van der Waals surface area contributed by atoms with Crippen molar-refractivity contribution < 1.29 is 24.7 Å². The molecule has 0 aliphatic carbocycles. The lowest BCUT2D eigenvalue weighted by Crippen LogP contribution is -2.11. The third kappa shape index (κ3) is 4.43. The van der Waals surface area contributed by atoms with Crippen LogP contribution in [0.15, 0.2) is 35.4 Å². The molecule has 0 aliphatic rings. The molecule has 21 heavy (non-hydrogen) atoms. The predicted octanol–water partition coefficient (Wildman–Crippen LogP) is 2.75. The van der Waals surface area contributed by atoms with E-state index in [1.54, 1.807) is 0 Å². The van der Waals surface area contributed by atoms with Gasteiger partial charge in [-0.1, -0.05) is 17.7 Å². The largest absolute Gasteiger partial charge is 0.477 e. The number of hydrogen-bond acceptors (Lipinski definition) is 4. The van der Waals surface area contributed by atoms with Crippen LogP contribution in [0.5, 0.6) is 0 Å². The molecule has 1 rings (SSSR count). The summed E-state index contributed by atoms with van der Waals surface area (Å²) in [5.41, 5.74) is -0.434. The van der Waals surface area contributed by atoms with Gasteiger partial charge in [0, 0.05) is 22.7 Å². The number of halogens is 1. The van der Waals surface area contributed by atoms with Crippen LogP contribution in [0.25, 0.3) is 6.08 Å². The summed E-state index contributed by atoms with van der Waals surface area (Å²) < 4.78 is 0. The van der Waals surface area contributed by atoms with Gasteiger partial charge in [0.25, 0.3) is 5.69 Å². The molecule has 0 amide bonds. The first-order chi connectivity index (χ1) is 9.72. The molecule has 0 unspecified atom stereocenters. The minimum Gasteiger partial charge on any atom is -0.477 e. The zero-order valence-corrected chi connectivity index (χ0v) is 11.5. The molecule has 7 nitrogen and oxygen atoms in total. The monoisotopic (exact) mass is 311 g/mol. The topological polar surface area (TPSA) is 118 Å². The lowest BCUT2D eigenvalue weighted by molar-refractivity contribution is -0.384. The van der Waals surface area contributed by atoms with Gasteiger partial charge in [0.15, 0.2) is 0 Å². The van der Waals surface area contributed by atoms with E-state index in [9.17, 15) is 19.7 Å². The number of benzene rings is 1. The van der Waals surface area contributed by atoms with Crippen LogP contribution >= 0.6 is 11.6 Å². The van der Waals surface area contributed by atoms with E-state index in [1.807, 2.05) is 0 Å². The Balaban J connectivity index is 3.26. The van der Waals surface area contributed by atoms with Crippen LogP contribution in [0.3, 0.4) is 0 Å². The van der Waals surface area contributed by atoms with Crippen LogP contribution in [0.1, 0.15) is 12.5 Å². The quantitative estimate of drug-likeness (QED) is 0.215. The van der Waals surface area contributed by atoms with Gasteiger partial charge in [-0.2, -0.15) is 0 Å². The summed E-state index contributed by atoms with van der Waals surface area (Å²) in [4.78, 5) is 31.6. The lowest BCUT2D eigenvalue weighted by atomic mass is 10.1. The van der Waals surface area contributed by atoms with Gasteiger partial charge in [-0.05, 0) is 24.6 Å². The molecular formula is C13H10ClNO6. The van der Waals surface area contributed by atoms with Gasteiger partial charge in [0.1, 0.15) is 5.57 Å². The van der Waals surface area contributed by atoms with Crippen molar-refractivity contribution >= 4 is 35.3 Å². The van der Waals surface area contributed by atoms with Crippen molar-refractivity contribution in [2.75, 3.05) is 0 Å². The highest BCUT2D eigenvalue weighted by atomic mass is 35.5. The third-order valence-electron chi connectivity index (χ3n) is 2.41. The molecule has 1 aromatic carbocycles. The Morgan fingerprint density at radius 1 is 1.29 bits per heavy atom. The second-order valence-corrected chi connectivity index (χ2v) is 4.43. The van der Waals surface area contributed by atoms with Crippen LogP contribution in [-0.2, 0) is 9.59 Å². The van der Waals surface area contributed by atoms with Crippen LogP contribution in [-0.4, -0.2) is 27.1 Å². The van der Waals surface area contributed by atoms with Crippen LogP contribution in [0.2, 0.25) is 5.02 Å². The Morgan fingerprint density at radius 3 is 2.33 bits per heavy atom. The Hall–Kier alpha value is -2.67. The van der Waals surface area contributed by atoms with E-state index in [4.69, 9.17) is 21.8 Å². The van der Waals surface area contributed by atoms with Crippen molar-refractivity contribution in [1.29, 1.82) is 0 Å². The normalized spacial score (nSPS) is 10.9. The first-order valence-corrected chi connectivity index (χ1v) is 5.90. The summed E-state index contributed by atoms with van der Waals surface area (Å²) in [6.07, 6.45) is 2.31. The maximum absolute atomic E-state index is 10.7. The van der Waals surface area contributed by atoms with Gasteiger partial charge in [-0.25, -0.2) is 9.59 Å². The molecular weight excluding hydrogens is 302 g/mol. The second kappa shape index (κ2) is 6.67. The fourth-order valence-electron chi connectivity index (χ4n) is 1.48. The molecule has 0 fully saturated rings. The van der Waals surface area contributed by atoms with Crippen molar-refractivity contribution in [1.82, 2.24) is 0 Å². The number of non-ortho nitro benzene ring substituents is 1. The lowest BCUT2D eigenvalue weighted by Gasteiger charge is -2.01. The Morgan fingerprint density at radius 2 is 1.86 bits per heavy atom. The van der Waals surface area contributed by atoms with Crippen LogP contribution < -0.4 is 0 Å². The Bertz CT molecular complexity index is 661. The van der Waals surface area contributed by atoms with Crippen molar-refractivity contribution in [3.8, 4) is 0 Å². The fraction of sp³-hybridized carbons (Fsp3) is 0.0769. The first-order valence-electron chi connectivity index (χ1n) is 5.53. The van der Waals surface area contributed by atoms with Gasteiger partial charge >= 0.3 is 11.9 Å². The maximum Gasteiger partial charge on any atom is 0.343 e. The molecule has 8 heteroatoms. The number of rotatable bonds is 5. The summed E-state index contributed by atoms with van der Waals surface area (Å²) in [5, 5.41) is 28.4. The number of hydrogen-bond donors (Lipinski definition) is 2. The maximum atomic E-state index is 10.7. The first kappa shape index (κ1) is 16.4. The third-order valence-corrected chi connectivity index (χ3v) is 2.75. The predicted molar refractivity (Wildman–Crippen MR) is 75.1 cm³/mol. The van der Waals surface area contributed by atoms with E-state index in [0.717, 1.165) is 6.08 Å². The minimum atomic E-state index is -1.58. The van der Waals surface area contributed by atoms with E-state index in [1.165, 1.54) is 31.2 Å². The molecule has 0 atom stereocenters. The molecule has 0 saturated carbocycles. The number of carboxylic acid groups (broad SMARTS) is 2. The molecule has 1 aromatic rings. The SMILES string of the molecule is CC(=Cc1cc([N+](=O)[O-])ccc1Cl)C=C(C(=O)O)C(=O)O. The van der Waals surface area contributed by atoms with Gasteiger partial charge in [0.2, 0.25) is 0 Å². The molecule has 0 spiro atoms. The summed E-state index contributed by atoms with van der Waals surface area (Å²) >= 11 is 5.89. The van der Waals surface area contributed by atoms with E-state index >= 15 is 0 Å². The molecule has 0 bridgehead atoms. The van der Waals surface area contributed by atoms with Crippen LogP contribution in [0, 0.1) is 10.1 Å². The molecule has 110 valence electrons. The van der Waals surface area contributed by atoms with Crippen molar-refractivity contribution in [3.63, 3.8) is 0 Å². The molecule has 0 aliphatic heterocycles. The average Bonchev–Trinajstić information content (AvgIpc) is 2.37. The van der Waals surface area contributed by atoms with E-state index < -0.39 is 22.4 Å². The summed E-state index contributed by atoms with van der Waals surface area (Å²) in [7, 11) is 0. The highest BCUT2D eigenvalue weighted by molar-refractivity contribution is 6.32. The Kier molecular flexibility index (Phi) is 5.20. The average molecular weight is 312 g/mol. The zero-order chi connectivity index (χ0) is 16.2. The highest BCUT2D eigenvalue weighted by Crippen LogP contribution is 2.24. The summed E-state index contributed by atoms with van der Waals surface area (Å²) in [6.45, 7) is 1.46. The number of allylic oxidation sites excluding steroid dienone is 2. The molecule has 2 N–H and O–H groups in total. The van der Waals surface area contributed by atoms with E-state index in [2.05, 4.69) is 0 Å². The number of nitrogens with zero attached hydrogens (tertiary/aromatic N) is 1.